The van der Waals surface area contributed by atoms with E-state index in [1.165, 1.54) is 0 Å². The molecule has 31 heavy (non-hydrogen) atoms. The first-order chi connectivity index (χ1) is 15.1. The number of aliphatic hydroxyl groups is 1. The van der Waals surface area contributed by atoms with Crippen molar-refractivity contribution in [2.75, 3.05) is 19.9 Å². The SMILES string of the molecule is O=C(NCC(O)COc1ccc2c(c1)OCO2)c1ccc2c(c1)C(=O)c1ccccc1-2. The van der Waals surface area contributed by atoms with Crippen molar-refractivity contribution in [2.24, 2.45) is 0 Å². The second-order valence-electron chi connectivity index (χ2n) is 7.32. The number of ketones is 1. The van der Waals surface area contributed by atoms with Gasteiger partial charge in [0, 0.05) is 29.3 Å². The molecule has 2 N–H and O–H groups in total. The summed E-state index contributed by atoms with van der Waals surface area (Å²) in [6.07, 6.45) is -0.908. The Kier molecular flexibility index (Phi) is 4.80. The van der Waals surface area contributed by atoms with Crippen LogP contribution in [-0.2, 0) is 0 Å². The fourth-order valence-electron chi connectivity index (χ4n) is 3.70. The molecule has 7 heteroatoms. The Bertz CT molecular complexity index is 1190. The number of nitrogens with one attached hydrogen (secondary N) is 1. The normalized spacial score (nSPS) is 14.0. The lowest BCUT2D eigenvalue weighted by molar-refractivity contribution is 0.0843. The second kappa shape index (κ2) is 7.77. The molecule has 0 saturated carbocycles. The predicted molar refractivity (Wildman–Crippen MR) is 112 cm³/mol. The van der Waals surface area contributed by atoms with Gasteiger partial charge in [0.15, 0.2) is 17.3 Å². The van der Waals surface area contributed by atoms with Crippen molar-refractivity contribution in [1.29, 1.82) is 0 Å². The molecular formula is C24H19NO6. The number of rotatable bonds is 6. The molecule has 5 rings (SSSR count). The summed E-state index contributed by atoms with van der Waals surface area (Å²) in [4.78, 5) is 25.1. The molecule has 0 radical (unpaired) electrons. The summed E-state index contributed by atoms with van der Waals surface area (Å²) in [7, 11) is 0. The summed E-state index contributed by atoms with van der Waals surface area (Å²) in [5, 5.41) is 12.8. The van der Waals surface area contributed by atoms with Gasteiger partial charge >= 0.3 is 0 Å². The largest absolute Gasteiger partial charge is 0.491 e. The maximum atomic E-state index is 12.6. The average molecular weight is 417 g/mol. The molecule has 1 atom stereocenters. The van der Waals surface area contributed by atoms with Crippen molar-refractivity contribution in [3.8, 4) is 28.4 Å². The summed E-state index contributed by atoms with van der Waals surface area (Å²) in [5.74, 6) is 1.32. The number of hydrogen-bond donors (Lipinski definition) is 2. The van der Waals surface area contributed by atoms with Gasteiger partial charge in [-0.05, 0) is 35.4 Å². The minimum Gasteiger partial charge on any atom is -0.491 e. The van der Waals surface area contributed by atoms with Crippen LogP contribution in [0.15, 0.2) is 60.7 Å². The number of carbonyl (C=O) groups is 2. The molecular weight excluding hydrogens is 398 g/mol. The van der Waals surface area contributed by atoms with Crippen LogP contribution >= 0.6 is 0 Å². The molecule has 156 valence electrons. The van der Waals surface area contributed by atoms with Crippen molar-refractivity contribution in [2.45, 2.75) is 6.10 Å². The minimum absolute atomic E-state index is 0.00208. The Labute approximate surface area is 178 Å². The monoisotopic (exact) mass is 417 g/mol. The Morgan fingerprint density at radius 3 is 2.61 bits per heavy atom. The van der Waals surface area contributed by atoms with Gasteiger partial charge in [-0.2, -0.15) is 0 Å². The van der Waals surface area contributed by atoms with Crippen LogP contribution in [0.4, 0.5) is 0 Å². The lowest BCUT2D eigenvalue weighted by Gasteiger charge is -2.14. The van der Waals surface area contributed by atoms with E-state index in [1.807, 2.05) is 18.2 Å². The van der Waals surface area contributed by atoms with Gasteiger partial charge in [-0.3, -0.25) is 9.59 Å². The molecule has 1 aliphatic heterocycles. The summed E-state index contributed by atoms with van der Waals surface area (Å²) >= 11 is 0. The van der Waals surface area contributed by atoms with Gasteiger partial charge < -0.3 is 24.6 Å². The first-order valence-corrected chi connectivity index (χ1v) is 9.87. The predicted octanol–water partition coefficient (Wildman–Crippen LogP) is 2.80. The Morgan fingerprint density at radius 1 is 0.968 bits per heavy atom. The molecule has 0 spiro atoms. The maximum Gasteiger partial charge on any atom is 0.251 e. The Morgan fingerprint density at radius 2 is 1.74 bits per heavy atom. The molecule has 3 aromatic rings. The van der Waals surface area contributed by atoms with E-state index < -0.39 is 6.10 Å². The highest BCUT2D eigenvalue weighted by atomic mass is 16.7. The summed E-state index contributed by atoms with van der Waals surface area (Å²) in [6, 6.07) is 17.6. The number of ether oxygens (including phenoxy) is 3. The van der Waals surface area contributed by atoms with Gasteiger partial charge in [-0.25, -0.2) is 0 Å². The third-order valence-electron chi connectivity index (χ3n) is 5.27. The number of fused-ring (bicyclic) bond motifs is 4. The van der Waals surface area contributed by atoms with Crippen LogP contribution in [0.3, 0.4) is 0 Å². The Hall–Kier alpha value is -3.84. The van der Waals surface area contributed by atoms with Crippen molar-refractivity contribution < 1.29 is 28.9 Å². The van der Waals surface area contributed by atoms with E-state index in [0.29, 0.717) is 33.9 Å². The molecule has 7 nitrogen and oxygen atoms in total. The Balaban J connectivity index is 1.18. The van der Waals surface area contributed by atoms with Gasteiger partial charge in [0.25, 0.3) is 5.91 Å². The topological polar surface area (TPSA) is 94.1 Å². The number of hydrogen-bond acceptors (Lipinski definition) is 6. The first-order valence-electron chi connectivity index (χ1n) is 9.87. The van der Waals surface area contributed by atoms with E-state index in [4.69, 9.17) is 14.2 Å². The highest BCUT2D eigenvalue weighted by Crippen LogP contribution is 2.37. The van der Waals surface area contributed by atoms with E-state index in [1.54, 1.807) is 42.5 Å². The first kappa shape index (κ1) is 19.1. The lowest BCUT2D eigenvalue weighted by atomic mass is 10.0. The van der Waals surface area contributed by atoms with Crippen LogP contribution in [0, 0.1) is 0 Å². The maximum absolute atomic E-state index is 12.6. The van der Waals surface area contributed by atoms with E-state index in [-0.39, 0.29) is 31.6 Å². The quantitative estimate of drug-likeness (QED) is 0.501. The van der Waals surface area contributed by atoms with Gasteiger partial charge in [0.1, 0.15) is 18.5 Å². The third-order valence-corrected chi connectivity index (χ3v) is 5.27. The number of carbonyl (C=O) groups excluding carboxylic acids is 2. The number of benzene rings is 3. The highest BCUT2D eigenvalue weighted by molar-refractivity contribution is 6.22. The minimum atomic E-state index is -0.908. The van der Waals surface area contributed by atoms with Crippen LogP contribution in [0.1, 0.15) is 26.3 Å². The zero-order valence-electron chi connectivity index (χ0n) is 16.5. The fourth-order valence-corrected chi connectivity index (χ4v) is 3.70. The lowest BCUT2D eigenvalue weighted by Crippen LogP contribution is -2.35. The van der Waals surface area contributed by atoms with Gasteiger partial charge in [0.2, 0.25) is 6.79 Å². The average Bonchev–Trinajstić information content (AvgIpc) is 3.38. The molecule has 3 aromatic carbocycles. The number of amides is 1. The van der Waals surface area contributed by atoms with Crippen molar-refractivity contribution in [1.82, 2.24) is 5.32 Å². The zero-order valence-corrected chi connectivity index (χ0v) is 16.5. The van der Waals surface area contributed by atoms with Gasteiger partial charge in [-0.15, -0.1) is 0 Å². The van der Waals surface area contributed by atoms with Crippen LogP contribution in [0.2, 0.25) is 0 Å². The van der Waals surface area contributed by atoms with E-state index in [2.05, 4.69) is 5.32 Å². The fraction of sp³-hybridized carbons (Fsp3) is 0.167. The standard InChI is InChI=1S/C24H19NO6/c26-15(12-29-16-6-8-21-22(10-16)31-13-30-21)11-25-24(28)14-5-7-18-17-3-1-2-4-19(17)23(27)20(18)9-14/h1-10,15,26H,11-13H2,(H,25,28). The highest BCUT2D eigenvalue weighted by Gasteiger charge is 2.27. The summed E-state index contributed by atoms with van der Waals surface area (Å²) in [5.41, 5.74) is 3.23. The molecule has 1 amide bonds. The molecule has 0 fully saturated rings. The van der Waals surface area contributed by atoms with Crippen LogP contribution in [0.25, 0.3) is 11.1 Å². The third kappa shape index (κ3) is 3.60. The van der Waals surface area contributed by atoms with Gasteiger partial charge in [-0.1, -0.05) is 30.3 Å². The molecule has 0 aromatic heterocycles. The van der Waals surface area contributed by atoms with Gasteiger partial charge in [0.05, 0.1) is 0 Å². The van der Waals surface area contributed by atoms with Crippen LogP contribution in [0.5, 0.6) is 17.2 Å². The second-order valence-corrected chi connectivity index (χ2v) is 7.32. The van der Waals surface area contributed by atoms with E-state index in [0.717, 1.165) is 11.1 Å². The van der Waals surface area contributed by atoms with E-state index in [9.17, 15) is 14.7 Å². The molecule has 1 aliphatic carbocycles. The van der Waals surface area contributed by atoms with Crippen molar-refractivity contribution in [3.63, 3.8) is 0 Å². The van der Waals surface area contributed by atoms with Crippen LogP contribution in [-0.4, -0.2) is 42.8 Å². The van der Waals surface area contributed by atoms with Crippen LogP contribution < -0.4 is 19.5 Å². The van der Waals surface area contributed by atoms with E-state index >= 15 is 0 Å². The molecule has 1 unspecified atom stereocenters. The summed E-state index contributed by atoms with van der Waals surface area (Å²) < 4.78 is 16.1. The van der Waals surface area contributed by atoms with Crippen molar-refractivity contribution >= 4 is 11.7 Å². The smallest absolute Gasteiger partial charge is 0.251 e. The molecule has 0 bridgehead atoms. The number of aliphatic hydroxyl groups excluding tert-OH is 1. The summed E-state index contributed by atoms with van der Waals surface area (Å²) in [6.45, 7) is 0.181. The van der Waals surface area contributed by atoms with Crippen molar-refractivity contribution in [3.05, 3.63) is 77.4 Å². The molecule has 0 saturated heterocycles. The molecule has 1 heterocycles. The zero-order chi connectivity index (χ0) is 21.4. The molecule has 2 aliphatic rings.